The van der Waals surface area contributed by atoms with Crippen molar-refractivity contribution >= 4 is 11.8 Å². The molecule has 2 aliphatic heterocycles. The molecule has 4 rings (SSSR count). The van der Waals surface area contributed by atoms with Crippen molar-refractivity contribution < 1.29 is 14.0 Å². The van der Waals surface area contributed by atoms with Gasteiger partial charge in [0.1, 0.15) is 5.76 Å². The lowest BCUT2D eigenvalue weighted by Crippen LogP contribution is -2.38. The number of rotatable bonds is 4. The quantitative estimate of drug-likeness (QED) is 0.810. The summed E-state index contributed by atoms with van der Waals surface area (Å²) >= 11 is 0. The van der Waals surface area contributed by atoms with Crippen LogP contribution in [0.5, 0.6) is 0 Å². The van der Waals surface area contributed by atoms with Gasteiger partial charge < -0.3 is 14.2 Å². The first kappa shape index (κ1) is 18.5. The van der Waals surface area contributed by atoms with Gasteiger partial charge in [-0.2, -0.15) is 0 Å². The lowest BCUT2D eigenvalue weighted by atomic mass is 9.95. The van der Waals surface area contributed by atoms with Crippen molar-refractivity contribution in [1.29, 1.82) is 0 Å². The van der Waals surface area contributed by atoms with E-state index in [-0.39, 0.29) is 11.8 Å². The molecule has 27 heavy (non-hydrogen) atoms. The molecule has 3 heterocycles. The molecule has 0 aromatic carbocycles. The van der Waals surface area contributed by atoms with E-state index >= 15 is 0 Å². The molecule has 1 aromatic rings. The molecule has 0 atom stereocenters. The molecule has 1 saturated carbocycles. The van der Waals surface area contributed by atoms with Gasteiger partial charge in [-0.1, -0.05) is 12.8 Å². The molecule has 0 N–H and O–H groups in total. The number of carbonyl (C=O) groups excluding carboxylic acids is 2. The van der Waals surface area contributed by atoms with Crippen molar-refractivity contribution in [2.45, 2.75) is 70.6 Å². The fourth-order valence-electron chi connectivity index (χ4n) is 4.83. The summed E-state index contributed by atoms with van der Waals surface area (Å²) < 4.78 is 5.88. The van der Waals surface area contributed by atoms with Crippen LogP contribution >= 0.6 is 0 Å². The highest BCUT2D eigenvalue weighted by Gasteiger charge is 2.31. The molecule has 3 aliphatic rings. The van der Waals surface area contributed by atoms with Crippen molar-refractivity contribution in [1.82, 2.24) is 14.8 Å². The van der Waals surface area contributed by atoms with Crippen LogP contribution < -0.4 is 0 Å². The molecule has 0 spiro atoms. The molecule has 2 amide bonds. The second-order valence-corrected chi connectivity index (χ2v) is 8.47. The number of piperidine rings is 1. The average Bonchev–Trinajstić information content (AvgIpc) is 3.43. The Hall–Kier alpha value is -1.85. The third-order valence-corrected chi connectivity index (χ3v) is 6.54. The summed E-state index contributed by atoms with van der Waals surface area (Å²) in [6.45, 7) is 5.02. The molecule has 0 unspecified atom stereocenters. The summed E-state index contributed by atoms with van der Waals surface area (Å²) in [6, 6.07) is 0. The lowest BCUT2D eigenvalue weighted by Gasteiger charge is -2.31. The highest BCUT2D eigenvalue weighted by atomic mass is 16.4. The number of aromatic nitrogens is 1. The summed E-state index contributed by atoms with van der Waals surface area (Å²) in [5.74, 6) is 2.43. The van der Waals surface area contributed by atoms with Gasteiger partial charge in [-0.05, 0) is 51.4 Å². The number of amides is 2. The van der Waals surface area contributed by atoms with E-state index in [0.717, 1.165) is 58.3 Å². The summed E-state index contributed by atoms with van der Waals surface area (Å²) in [6.07, 6.45) is 9.59. The first-order chi connectivity index (χ1) is 13.1. The maximum atomic E-state index is 12.6. The van der Waals surface area contributed by atoms with Gasteiger partial charge in [-0.15, -0.1) is 0 Å². The van der Waals surface area contributed by atoms with E-state index in [0.29, 0.717) is 29.2 Å². The average molecular weight is 373 g/mol. The van der Waals surface area contributed by atoms with Crippen LogP contribution in [0.1, 0.15) is 85.8 Å². The third kappa shape index (κ3) is 4.04. The van der Waals surface area contributed by atoms with Gasteiger partial charge in [0, 0.05) is 38.5 Å². The smallest absolute Gasteiger partial charge is 0.276 e. The number of likely N-dealkylation sites (tertiary alicyclic amines) is 2. The number of hydrogen-bond donors (Lipinski definition) is 0. The first-order valence-electron chi connectivity index (χ1n) is 10.7. The first-order valence-corrected chi connectivity index (χ1v) is 10.7. The standard InChI is InChI=1S/C21H31N3O3/c1-15-19(21(26)24-10-4-5-11-24)22-20(27-15)17-8-12-23(13-9-17)18(25)14-16-6-2-3-7-16/h16-17H,2-14H2,1H3. The molecule has 2 saturated heterocycles. The Kier molecular flexibility index (Phi) is 5.50. The Morgan fingerprint density at radius 1 is 0.963 bits per heavy atom. The van der Waals surface area contributed by atoms with Gasteiger partial charge in [0.25, 0.3) is 5.91 Å². The van der Waals surface area contributed by atoms with Gasteiger partial charge in [0.2, 0.25) is 5.91 Å². The number of aryl methyl sites for hydroxylation is 1. The van der Waals surface area contributed by atoms with Crippen LogP contribution in [0.25, 0.3) is 0 Å². The van der Waals surface area contributed by atoms with Gasteiger partial charge >= 0.3 is 0 Å². The maximum absolute atomic E-state index is 12.6. The topological polar surface area (TPSA) is 66.7 Å². The molecule has 1 aromatic heterocycles. The molecule has 148 valence electrons. The minimum absolute atomic E-state index is 0.00387. The minimum atomic E-state index is 0.00387. The Morgan fingerprint density at radius 3 is 2.30 bits per heavy atom. The second-order valence-electron chi connectivity index (χ2n) is 8.47. The zero-order valence-corrected chi connectivity index (χ0v) is 16.4. The number of hydrogen-bond acceptors (Lipinski definition) is 4. The van der Waals surface area contributed by atoms with E-state index in [4.69, 9.17) is 4.42 Å². The fourth-order valence-corrected chi connectivity index (χ4v) is 4.83. The molecule has 0 bridgehead atoms. The van der Waals surface area contributed by atoms with Gasteiger partial charge in [0.05, 0.1) is 0 Å². The van der Waals surface area contributed by atoms with E-state index in [2.05, 4.69) is 4.98 Å². The fraction of sp³-hybridized carbons (Fsp3) is 0.762. The predicted molar refractivity (Wildman–Crippen MR) is 102 cm³/mol. The molecular weight excluding hydrogens is 342 g/mol. The largest absolute Gasteiger partial charge is 0.445 e. The van der Waals surface area contributed by atoms with Crippen molar-refractivity contribution in [2.24, 2.45) is 5.92 Å². The molecule has 0 radical (unpaired) electrons. The van der Waals surface area contributed by atoms with Crippen LogP contribution in [0.3, 0.4) is 0 Å². The van der Waals surface area contributed by atoms with E-state index < -0.39 is 0 Å². The van der Waals surface area contributed by atoms with E-state index in [9.17, 15) is 9.59 Å². The van der Waals surface area contributed by atoms with Crippen molar-refractivity contribution in [3.63, 3.8) is 0 Å². The van der Waals surface area contributed by atoms with Crippen molar-refractivity contribution in [3.05, 3.63) is 17.3 Å². The van der Waals surface area contributed by atoms with Crippen LogP contribution in [-0.4, -0.2) is 52.8 Å². The normalized spacial score (nSPS) is 22.0. The van der Waals surface area contributed by atoms with E-state index in [1.165, 1.54) is 25.7 Å². The predicted octanol–water partition coefficient (Wildman–Crippen LogP) is 3.51. The Bertz CT molecular complexity index is 679. The summed E-state index contributed by atoms with van der Waals surface area (Å²) in [7, 11) is 0. The Balaban J connectivity index is 1.33. The Morgan fingerprint density at radius 2 is 1.63 bits per heavy atom. The zero-order chi connectivity index (χ0) is 18.8. The van der Waals surface area contributed by atoms with Gasteiger partial charge in [0.15, 0.2) is 11.6 Å². The van der Waals surface area contributed by atoms with Crippen LogP contribution in [0, 0.1) is 12.8 Å². The molecule has 6 nitrogen and oxygen atoms in total. The second kappa shape index (κ2) is 8.03. The highest BCUT2D eigenvalue weighted by molar-refractivity contribution is 5.93. The summed E-state index contributed by atoms with van der Waals surface area (Å²) in [4.78, 5) is 33.6. The third-order valence-electron chi connectivity index (χ3n) is 6.54. The number of carbonyl (C=O) groups is 2. The maximum Gasteiger partial charge on any atom is 0.276 e. The summed E-state index contributed by atoms with van der Waals surface area (Å²) in [5.41, 5.74) is 0.478. The SMILES string of the molecule is Cc1oc(C2CCN(C(=O)CC3CCCC3)CC2)nc1C(=O)N1CCCC1. The van der Waals surface area contributed by atoms with Gasteiger partial charge in [-0.3, -0.25) is 9.59 Å². The minimum Gasteiger partial charge on any atom is -0.445 e. The van der Waals surface area contributed by atoms with E-state index in [1.54, 1.807) is 0 Å². The van der Waals surface area contributed by atoms with Gasteiger partial charge in [-0.25, -0.2) is 4.98 Å². The van der Waals surface area contributed by atoms with Crippen LogP contribution in [0.2, 0.25) is 0 Å². The van der Waals surface area contributed by atoms with Crippen LogP contribution in [0.4, 0.5) is 0 Å². The zero-order valence-electron chi connectivity index (χ0n) is 16.4. The highest BCUT2D eigenvalue weighted by Crippen LogP contribution is 2.32. The number of oxazole rings is 1. The van der Waals surface area contributed by atoms with Crippen LogP contribution in [0.15, 0.2) is 4.42 Å². The number of nitrogens with zero attached hydrogens (tertiary/aromatic N) is 3. The summed E-state index contributed by atoms with van der Waals surface area (Å²) in [5, 5.41) is 0. The molecular formula is C21H31N3O3. The lowest BCUT2D eigenvalue weighted by molar-refractivity contribution is -0.133. The Labute approximate surface area is 161 Å². The molecule has 1 aliphatic carbocycles. The van der Waals surface area contributed by atoms with E-state index in [1.807, 2.05) is 16.7 Å². The van der Waals surface area contributed by atoms with Crippen molar-refractivity contribution in [3.8, 4) is 0 Å². The van der Waals surface area contributed by atoms with Crippen molar-refractivity contribution in [2.75, 3.05) is 26.2 Å². The molecule has 3 fully saturated rings. The van der Waals surface area contributed by atoms with Crippen LogP contribution in [-0.2, 0) is 4.79 Å². The monoisotopic (exact) mass is 373 g/mol. The molecule has 6 heteroatoms.